The second-order valence-electron chi connectivity index (χ2n) is 4.28. The number of nitrogens with one attached hydrogen (secondary N) is 1. The minimum absolute atomic E-state index is 0.0798. The number of benzene rings is 1. The lowest BCUT2D eigenvalue weighted by Gasteiger charge is -2.09. The van der Waals surface area contributed by atoms with Crippen LogP contribution < -0.4 is 10.5 Å². The number of methoxy groups -OCH3 is 1. The highest BCUT2D eigenvalue weighted by atomic mass is 32.2. The van der Waals surface area contributed by atoms with E-state index in [4.69, 9.17) is 5.73 Å². The molecule has 0 atom stereocenters. The molecular weight excluding hydrogens is 312 g/mol. The molecule has 0 spiro atoms. The Hall–Kier alpha value is -2.06. The molecule has 2 aromatic rings. The van der Waals surface area contributed by atoms with Gasteiger partial charge in [0.2, 0.25) is 0 Å². The Morgan fingerprint density at radius 1 is 1.33 bits per heavy atom. The summed E-state index contributed by atoms with van der Waals surface area (Å²) in [6.07, 6.45) is 0. The molecule has 8 heteroatoms. The second kappa shape index (κ2) is 5.74. The lowest BCUT2D eigenvalue weighted by Crippen LogP contribution is -2.15. The minimum atomic E-state index is -3.79. The highest BCUT2D eigenvalue weighted by Crippen LogP contribution is 2.26. The maximum absolute atomic E-state index is 12.3. The summed E-state index contributed by atoms with van der Waals surface area (Å²) in [5.74, 6) is -0.587. The van der Waals surface area contributed by atoms with Crippen LogP contribution in [0.2, 0.25) is 0 Å². The smallest absolute Gasteiger partial charge is 0.350 e. The predicted octanol–water partition coefficient (Wildman–Crippen LogP) is 2.23. The summed E-state index contributed by atoms with van der Waals surface area (Å²) in [7, 11) is -2.55. The van der Waals surface area contributed by atoms with Crippen LogP contribution in [0.3, 0.4) is 0 Å². The van der Waals surface area contributed by atoms with Gasteiger partial charge in [-0.1, -0.05) is 0 Å². The summed E-state index contributed by atoms with van der Waals surface area (Å²) < 4.78 is 31.7. The van der Waals surface area contributed by atoms with E-state index in [1.54, 1.807) is 12.3 Å². The number of aryl methyl sites for hydroxylation is 1. The van der Waals surface area contributed by atoms with E-state index < -0.39 is 16.0 Å². The fraction of sp³-hybridized carbons (Fsp3) is 0.154. The number of carbonyl (C=O) groups excluding carboxylic acids is 1. The Labute approximate surface area is 126 Å². The van der Waals surface area contributed by atoms with E-state index in [0.29, 0.717) is 11.3 Å². The number of nitrogens with two attached hydrogens (primary N) is 1. The van der Waals surface area contributed by atoms with E-state index in [-0.39, 0.29) is 15.5 Å². The van der Waals surface area contributed by atoms with Gasteiger partial charge in [-0.3, -0.25) is 4.72 Å². The van der Waals surface area contributed by atoms with Crippen LogP contribution in [0.4, 0.5) is 11.4 Å². The highest BCUT2D eigenvalue weighted by molar-refractivity contribution is 7.92. The zero-order valence-corrected chi connectivity index (χ0v) is 13.0. The number of nitrogen functional groups attached to an aromatic ring is 1. The molecule has 0 saturated heterocycles. The van der Waals surface area contributed by atoms with E-state index in [0.717, 1.165) is 11.3 Å². The van der Waals surface area contributed by atoms with Crippen molar-refractivity contribution in [3.8, 4) is 0 Å². The number of hydrogen-bond acceptors (Lipinski definition) is 6. The maximum Gasteiger partial charge on any atom is 0.350 e. The van der Waals surface area contributed by atoms with Crippen molar-refractivity contribution in [1.82, 2.24) is 0 Å². The zero-order chi connectivity index (χ0) is 15.6. The summed E-state index contributed by atoms with van der Waals surface area (Å²) >= 11 is 1.10. The standard InChI is InChI=1S/C13H14N2O4S2/c1-8-7-9(3-4-10(8)14)21(17,18)15-11-5-6-20-12(11)13(16)19-2/h3-7,15H,14H2,1-2H3. The van der Waals surface area contributed by atoms with Crippen LogP contribution in [0.25, 0.3) is 0 Å². The largest absolute Gasteiger partial charge is 0.465 e. The first-order valence-corrected chi connectivity index (χ1v) is 8.26. The van der Waals surface area contributed by atoms with Crippen molar-refractivity contribution < 1.29 is 17.9 Å². The van der Waals surface area contributed by atoms with Gasteiger partial charge in [-0.05, 0) is 42.1 Å². The van der Waals surface area contributed by atoms with Crippen LogP contribution in [0.15, 0.2) is 34.5 Å². The van der Waals surface area contributed by atoms with Gasteiger partial charge in [0, 0.05) is 5.69 Å². The molecule has 0 aliphatic heterocycles. The van der Waals surface area contributed by atoms with Gasteiger partial charge in [0.15, 0.2) is 0 Å². The Morgan fingerprint density at radius 3 is 2.67 bits per heavy atom. The van der Waals surface area contributed by atoms with Crippen molar-refractivity contribution >= 4 is 38.7 Å². The van der Waals surface area contributed by atoms with Gasteiger partial charge in [0.1, 0.15) is 4.88 Å². The summed E-state index contributed by atoms with van der Waals surface area (Å²) in [4.78, 5) is 11.8. The Balaban J connectivity index is 2.36. The molecule has 0 fully saturated rings. The molecule has 3 N–H and O–H groups in total. The minimum Gasteiger partial charge on any atom is -0.465 e. The van der Waals surface area contributed by atoms with Crippen LogP contribution in [-0.4, -0.2) is 21.5 Å². The molecular formula is C13H14N2O4S2. The molecule has 1 heterocycles. The average Bonchev–Trinajstić information content (AvgIpc) is 2.88. The topological polar surface area (TPSA) is 98.5 Å². The van der Waals surface area contributed by atoms with Gasteiger partial charge in [0.25, 0.3) is 10.0 Å². The fourth-order valence-electron chi connectivity index (χ4n) is 1.66. The Bertz CT molecular complexity index is 781. The summed E-state index contributed by atoms with van der Waals surface area (Å²) in [6, 6.07) is 5.92. The third kappa shape index (κ3) is 3.17. The van der Waals surface area contributed by atoms with Crippen LogP contribution >= 0.6 is 11.3 Å². The SMILES string of the molecule is COC(=O)c1sccc1NS(=O)(=O)c1ccc(N)c(C)c1. The van der Waals surface area contributed by atoms with Gasteiger partial charge >= 0.3 is 5.97 Å². The molecule has 0 unspecified atom stereocenters. The molecule has 112 valence electrons. The monoisotopic (exact) mass is 326 g/mol. The van der Waals surface area contributed by atoms with Crippen molar-refractivity contribution in [2.45, 2.75) is 11.8 Å². The zero-order valence-electron chi connectivity index (χ0n) is 11.4. The number of thiophene rings is 1. The summed E-state index contributed by atoms with van der Waals surface area (Å²) in [5.41, 5.74) is 7.05. The van der Waals surface area contributed by atoms with Gasteiger partial charge < -0.3 is 10.5 Å². The summed E-state index contributed by atoms with van der Waals surface area (Å²) in [6.45, 7) is 1.72. The van der Waals surface area contributed by atoms with Gasteiger partial charge in [-0.15, -0.1) is 11.3 Å². The lowest BCUT2D eigenvalue weighted by molar-refractivity contribution is 0.0607. The van der Waals surface area contributed by atoms with Crippen LogP contribution in [0, 0.1) is 6.92 Å². The van der Waals surface area contributed by atoms with Crippen molar-refractivity contribution in [3.05, 3.63) is 40.1 Å². The van der Waals surface area contributed by atoms with Gasteiger partial charge in [-0.25, -0.2) is 13.2 Å². The van der Waals surface area contributed by atoms with Gasteiger partial charge in [-0.2, -0.15) is 0 Å². The Morgan fingerprint density at radius 2 is 2.05 bits per heavy atom. The van der Waals surface area contributed by atoms with Crippen LogP contribution in [0.1, 0.15) is 15.2 Å². The normalized spacial score (nSPS) is 11.1. The number of ether oxygens (including phenoxy) is 1. The maximum atomic E-state index is 12.3. The van der Waals surface area contributed by atoms with Crippen LogP contribution in [-0.2, 0) is 14.8 Å². The van der Waals surface area contributed by atoms with Gasteiger partial charge in [0.05, 0.1) is 17.7 Å². The number of hydrogen-bond donors (Lipinski definition) is 2. The van der Waals surface area contributed by atoms with Crippen molar-refractivity contribution in [3.63, 3.8) is 0 Å². The second-order valence-corrected chi connectivity index (χ2v) is 6.88. The number of esters is 1. The molecule has 0 saturated carbocycles. The van der Waals surface area contributed by atoms with E-state index in [1.165, 1.54) is 31.4 Å². The lowest BCUT2D eigenvalue weighted by atomic mass is 10.2. The molecule has 2 rings (SSSR count). The fourth-order valence-corrected chi connectivity index (χ4v) is 3.65. The molecule has 0 radical (unpaired) electrons. The van der Waals surface area contributed by atoms with Crippen molar-refractivity contribution in [1.29, 1.82) is 0 Å². The molecule has 6 nitrogen and oxygen atoms in total. The summed E-state index contributed by atoms with van der Waals surface area (Å²) in [5, 5.41) is 1.61. The van der Waals surface area contributed by atoms with E-state index >= 15 is 0 Å². The third-order valence-electron chi connectivity index (χ3n) is 2.83. The molecule has 0 amide bonds. The van der Waals surface area contributed by atoms with Crippen molar-refractivity contribution in [2.75, 3.05) is 17.6 Å². The van der Waals surface area contributed by atoms with E-state index in [1.807, 2.05) is 0 Å². The molecule has 21 heavy (non-hydrogen) atoms. The molecule has 1 aromatic heterocycles. The van der Waals surface area contributed by atoms with Crippen molar-refractivity contribution in [2.24, 2.45) is 0 Å². The van der Waals surface area contributed by atoms with E-state index in [2.05, 4.69) is 9.46 Å². The number of anilines is 2. The first-order chi connectivity index (χ1) is 9.85. The third-order valence-corrected chi connectivity index (χ3v) is 5.09. The molecule has 0 aliphatic carbocycles. The number of carbonyl (C=O) groups is 1. The highest BCUT2D eigenvalue weighted by Gasteiger charge is 2.20. The quantitative estimate of drug-likeness (QED) is 0.663. The number of sulfonamides is 1. The molecule has 0 aliphatic rings. The Kier molecular flexibility index (Phi) is 4.19. The first-order valence-electron chi connectivity index (χ1n) is 5.90. The molecule has 0 bridgehead atoms. The average molecular weight is 326 g/mol. The first kappa shape index (κ1) is 15.3. The predicted molar refractivity (Wildman–Crippen MR) is 82.1 cm³/mol. The van der Waals surface area contributed by atoms with E-state index in [9.17, 15) is 13.2 Å². The number of rotatable bonds is 4. The van der Waals surface area contributed by atoms with Crippen LogP contribution in [0.5, 0.6) is 0 Å². The molecule has 1 aromatic carbocycles.